The second-order valence-corrected chi connectivity index (χ2v) is 31.5. The van der Waals surface area contributed by atoms with E-state index in [9.17, 15) is 58.3 Å². The summed E-state index contributed by atoms with van der Waals surface area (Å²) in [6.45, 7) is 2.99. The summed E-state index contributed by atoms with van der Waals surface area (Å²) in [7, 11) is -11.9. The Hall–Kier alpha value is -6.18. The number of nitrogens with one attached hydrogen (secondary N) is 4. The van der Waals surface area contributed by atoms with Gasteiger partial charge in [0.1, 0.15) is 33.7 Å². The van der Waals surface area contributed by atoms with Crippen LogP contribution in [-0.4, -0.2) is 207 Å². The summed E-state index contributed by atoms with van der Waals surface area (Å²) in [6.07, 6.45) is 11.9. The minimum absolute atomic E-state index is 0.0533. The maximum Gasteiger partial charge on any atom is 0.469 e. The van der Waals surface area contributed by atoms with Crippen LogP contribution in [0.25, 0.3) is 44.7 Å². The van der Waals surface area contributed by atoms with Gasteiger partial charge in [0.2, 0.25) is 0 Å². The normalized spacial score (nSPS) is 31.7. The molecular weight excluding hydrogens is 1370 g/mol. The molecule has 0 aromatic carbocycles. The van der Waals surface area contributed by atoms with Crippen LogP contribution in [0, 0.1) is 59.2 Å². The minimum Gasteiger partial charge on any atom is -0.396 e. The van der Waals surface area contributed by atoms with Gasteiger partial charge in [0, 0.05) is 86.4 Å². The summed E-state index contributed by atoms with van der Waals surface area (Å²) in [4.78, 5) is 117. The number of aromatic nitrogens is 14. The third kappa shape index (κ3) is 12.7. The molecule has 8 aromatic heterocycles. The van der Waals surface area contributed by atoms with Gasteiger partial charge in [-0.3, -0.25) is 18.1 Å². The van der Waals surface area contributed by atoms with Crippen molar-refractivity contribution in [1.82, 2.24) is 68.1 Å². The van der Waals surface area contributed by atoms with Crippen molar-refractivity contribution in [3.05, 3.63) is 61.5 Å². The van der Waals surface area contributed by atoms with E-state index < -0.39 is 66.5 Å². The van der Waals surface area contributed by atoms with Gasteiger partial charge in [-0.2, -0.15) is 0 Å². The molecule has 38 nitrogen and oxygen atoms in total. The van der Waals surface area contributed by atoms with Crippen LogP contribution in [0.2, 0.25) is 0 Å². The van der Waals surface area contributed by atoms with E-state index in [1.165, 1.54) is 0 Å². The van der Waals surface area contributed by atoms with Gasteiger partial charge in [-0.05, 0) is 101 Å². The lowest BCUT2D eigenvalue weighted by atomic mass is 10.0. The van der Waals surface area contributed by atoms with Gasteiger partial charge in [-0.25, -0.2) is 68.1 Å². The Bertz CT molecular complexity index is 4560. The number of aliphatic hydroxyl groups is 4. The molecule has 16 N–H and O–H groups in total. The van der Waals surface area contributed by atoms with Crippen molar-refractivity contribution in [3.8, 4) is 0 Å². The summed E-state index contributed by atoms with van der Waals surface area (Å²) < 4.78 is 72.2. The Balaban J connectivity index is 0.000000119. The first-order valence-electron chi connectivity index (χ1n) is 31.5. The van der Waals surface area contributed by atoms with Crippen molar-refractivity contribution in [2.75, 3.05) is 75.9 Å². The van der Waals surface area contributed by atoms with Gasteiger partial charge in [-0.1, -0.05) is 0 Å². The molecule has 532 valence electrons. The molecule has 8 aliphatic carbocycles. The number of nitrogens with zero attached hydrogens (tertiary/aromatic N) is 14. The van der Waals surface area contributed by atoms with Gasteiger partial charge >= 0.3 is 31.3 Å². The third-order valence-corrected chi connectivity index (χ3v) is 23.6. The highest BCUT2D eigenvalue weighted by molar-refractivity contribution is 7.47. The van der Waals surface area contributed by atoms with Crippen molar-refractivity contribution in [2.24, 2.45) is 45.3 Å². The quantitative estimate of drug-likeness (QED) is 0.0488. The molecule has 8 saturated carbocycles. The highest BCUT2D eigenvalue weighted by atomic mass is 31.2. The SMILES string of the molecule is CNc1ccnc2c1ncn2[C@H]1C[C@H](O)[C@]2(CO)C[C@H]12.CNc1ccnc2c1ncn2[C@H]1C[C@H](OP(=O)(O)O)[C@]2(COP(=O)(O)O)C[C@H]12.CNc1nc(C)nc2c1ncn2[C@H]1C[C@H](O)[C@]2(CO)C[C@H]12.CNc1nc(C)nc2c1ncn2[C@H]1C[C@H](OP(=O)(O)O)[C@]2(COP(=O)(O)O)C[C@H]12. The fourth-order valence-electron chi connectivity index (χ4n) is 16.5. The Morgan fingerprint density at radius 2 is 0.776 bits per heavy atom. The van der Waals surface area contributed by atoms with Crippen molar-refractivity contribution in [3.63, 3.8) is 0 Å². The zero-order valence-corrected chi connectivity index (χ0v) is 57.3. The first kappa shape index (κ1) is 70.3. The number of hydrogen-bond donors (Lipinski definition) is 16. The average molecular weight is 1450 g/mol. The number of phosphoric ester groups is 4. The zero-order valence-electron chi connectivity index (χ0n) is 53.7. The molecule has 0 saturated heterocycles. The highest BCUT2D eigenvalue weighted by Crippen LogP contribution is 2.73. The number of phosphoric acid groups is 4. The summed E-state index contributed by atoms with van der Waals surface area (Å²) in [6, 6.07) is 3.48. The molecular formula is C56H78N18O20P4. The maximum atomic E-state index is 11.5. The molecule has 16 rings (SSSR count). The summed E-state index contributed by atoms with van der Waals surface area (Å²) in [5.74, 6) is 2.82. The van der Waals surface area contributed by atoms with Gasteiger partial charge in [0.05, 0.1) is 87.5 Å². The largest absolute Gasteiger partial charge is 0.469 e. The summed E-state index contributed by atoms with van der Waals surface area (Å²) >= 11 is 0. The van der Waals surface area contributed by atoms with Crippen LogP contribution >= 0.6 is 31.3 Å². The molecule has 98 heavy (non-hydrogen) atoms. The Kier molecular flexibility index (Phi) is 18.2. The number of imidazole rings is 4. The predicted molar refractivity (Wildman–Crippen MR) is 346 cm³/mol. The molecule has 0 radical (unpaired) electrons. The number of anilines is 4. The molecule has 0 amide bonds. The molecule has 8 aliphatic rings. The Morgan fingerprint density at radius 1 is 0.449 bits per heavy atom. The smallest absolute Gasteiger partial charge is 0.396 e. The van der Waals surface area contributed by atoms with E-state index in [1.807, 2.05) is 42.5 Å². The topological polar surface area (TPSA) is 545 Å². The summed E-state index contributed by atoms with van der Waals surface area (Å²) in [5.41, 5.74) is 4.99. The van der Waals surface area contributed by atoms with E-state index in [0.717, 1.165) is 52.4 Å². The molecule has 42 heteroatoms. The standard InChI is InChI=1S/C14H21N5O8P2.C14H19N5O2.C14H20N4O8P2.C14H18N4O2/c1-7-17-12(15-2)11-13(18-7)19(6-16-11)9-3-10(27-29(23,24)25)14(4-8(9)14)5-26-28(20,21)22;1-7-17-12(15-2)11-13(18-7)19(6-16-11)9-3-10(21)14(5-20)4-8(9)14;1-15-9-2-3-16-13-12(9)17-7-18(13)10-4-11(26-28(22,23)24)14(5-8(10)14)6-25-27(19,20)21;1-15-9-2-3-16-13-12(9)17-7-18(13)10-4-11(20)14(6-19)5-8(10)14/h6,8-10H,3-5H2,1-2H3,(H,15,17,18)(H2,20,21,22)(H2,23,24,25);6,8-10,20-21H,3-5H2,1-2H3,(H,15,17,18);2-3,7-8,10-11H,4-6H2,1H3,(H,15,16)(H2,19,20,21)(H2,22,23,24);2-3,7-8,10-11,19-20H,4-6H2,1H3,(H,15,16)/t2*8-,9+,10+,14+;2*8-,10+,11+,14+/m1111/s1. The molecule has 0 bridgehead atoms. The minimum atomic E-state index is -4.81. The van der Waals surface area contributed by atoms with E-state index in [1.54, 1.807) is 63.0 Å². The molecule has 8 fully saturated rings. The number of pyridine rings is 2. The second kappa shape index (κ2) is 25.4. The Labute approximate surface area is 557 Å². The van der Waals surface area contributed by atoms with Crippen molar-refractivity contribution in [1.29, 1.82) is 0 Å². The molecule has 16 atom stereocenters. The van der Waals surface area contributed by atoms with E-state index in [-0.39, 0.29) is 86.1 Å². The van der Waals surface area contributed by atoms with E-state index in [4.69, 9.17) is 28.6 Å². The van der Waals surface area contributed by atoms with Gasteiger partial charge < -0.3 is 99.1 Å². The van der Waals surface area contributed by atoms with E-state index >= 15 is 0 Å². The number of rotatable bonds is 20. The number of aliphatic hydroxyl groups excluding tert-OH is 4. The van der Waals surface area contributed by atoms with E-state index in [2.05, 4.69) is 84.7 Å². The lowest BCUT2D eigenvalue weighted by Crippen LogP contribution is -2.26. The predicted octanol–water partition coefficient (Wildman–Crippen LogP) is 2.98. The van der Waals surface area contributed by atoms with Crippen molar-refractivity contribution < 1.29 is 95.9 Å². The number of hydrogen-bond acceptors (Lipinski definition) is 26. The van der Waals surface area contributed by atoms with Crippen LogP contribution < -0.4 is 21.3 Å². The lowest BCUT2D eigenvalue weighted by Gasteiger charge is -2.24. The molecule has 0 spiro atoms. The van der Waals surface area contributed by atoms with Crippen molar-refractivity contribution >= 4 is 99.0 Å². The van der Waals surface area contributed by atoms with E-state index in [0.29, 0.717) is 77.3 Å². The average Bonchev–Trinajstić information content (AvgIpc) is 1.55. The lowest BCUT2D eigenvalue weighted by molar-refractivity contribution is 0.0484. The summed E-state index contributed by atoms with van der Waals surface area (Å²) in [5, 5.41) is 51.7. The molecule has 8 heterocycles. The number of fused-ring (bicyclic) bond motifs is 8. The van der Waals surface area contributed by atoms with Crippen LogP contribution in [0.15, 0.2) is 49.8 Å². The third-order valence-electron chi connectivity index (χ3n) is 21.6. The van der Waals surface area contributed by atoms with Crippen molar-refractivity contribution in [2.45, 2.75) is 114 Å². The first-order chi connectivity index (χ1) is 46.3. The van der Waals surface area contributed by atoms with Gasteiger partial charge in [0.25, 0.3) is 0 Å². The van der Waals surface area contributed by atoms with Gasteiger partial charge in [0.15, 0.2) is 34.2 Å². The molecule has 0 aliphatic heterocycles. The highest BCUT2D eigenvalue weighted by Gasteiger charge is 2.72. The van der Waals surface area contributed by atoms with Crippen LogP contribution in [0.1, 0.15) is 87.2 Å². The first-order valence-corrected chi connectivity index (χ1v) is 37.6. The monoisotopic (exact) mass is 1450 g/mol. The molecule has 0 unspecified atom stereocenters. The fraction of sp³-hybridized carbons (Fsp3) is 0.607. The second-order valence-electron chi connectivity index (χ2n) is 26.7. The van der Waals surface area contributed by atoms with Gasteiger partial charge in [-0.15, -0.1) is 0 Å². The molecule has 8 aromatic rings. The Morgan fingerprint density at radius 3 is 1.08 bits per heavy atom. The zero-order chi connectivity index (χ0) is 70.2. The number of aryl methyl sites for hydroxylation is 2. The van der Waals surface area contributed by atoms with Crippen LogP contribution in [0.3, 0.4) is 0 Å². The maximum absolute atomic E-state index is 11.5. The fourth-order valence-corrected chi connectivity index (χ4v) is 18.5. The van der Waals surface area contributed by atoms with Crippen LogP contribution in [0.4, 0.5) is 23.0 Å². The van der Waals surface area contributed by atoms with Crippen LogP contribution in [-0.2, 0) is 36.4 Å². The van der Waals surface area contributed by atoms with Crippen LogP contribution in [0.5, 0.6) is 0 Å².